The van der Waals surface area contributed by atoms with E-state index in [0.29, 0.717) is 5.92 Å². The minimum Gasteiger partial charge on any atom is -0.457 e. The summed E-state index contributed by atoms with van der Waals surface area (Å²) in [6, 6.07) is 38.7. The molecular weight excluding hydrogens is 711 g/mol. The summed E-state index contributed by atoms with van der Waals surface area (Å²) >= 11 is 0. The fraction of sp³-hybridized carbons (Fsp3) is 0.148. The molecule has 1 aliphatic heterocycles. The Morgan fingerprint density at radius 1 is 0.672 bits per heavy atom. The van der Waals surface area contributed by atoms with Gasteiger partial charge in [0.05, 0.1) is 0 Å². The average Bonchev–Trinajstić information content (AvgIpc) is 3.63. The molecule has 4 heteroatoms. The van der Waals surface area contributed by atoms with E-state index in [1.165, 1.54) is 44.3 Å². The van der Waals surface area contributed by atoms with Crippen molar-refractivity contribution in [1.82, 2.24) is 0 Å². The van der Waals surface area contributed by atoms with Gasteiger partial charge in [0.1, 0.15) is 11.2 Å². The number of fused-ring (bicyclic) bond motifs is 7. The molecule has 0 saturated carbocycles. The van der Waals surface area contributed by atoms with Crippen LogP contribution >= 0.6 is 0 Å². The van der Waals surface area contributed by atoms with Gasteiger partial charge >= 0.3 is 0 Å². The average molecular weight is 754 g/mol. The number of hydrogen-bond acceptors (Lipinski definition) is 4. The molecule has 5 aromatic carbocycles. The van der Waals surface area contributed by atoms with E-state index in [1.807, 2.05) is 30.3 Å². The number of allylic oxidation sites excluding steroid dienone is 8. The Bertz CT molecular complexity index is 2970. The molecule has 0 saturated heterocycles. The highest BCUT2D eigenvalue weighted by molar-refractivity contribution is 5.91. The Morgan fingerprint density at radius 2 is 1.34 bits per heavy atom. The van der Waals surface area contributed by atoms with Crippen LogP contribution in [0.1, 0.15) is 68.4 Å². The van der Waals surface area contributed by atoms with Crippen molar-refractivity contribution < 1.29 is 13.9 Å². The van der Waals surface area contributed by atoms with Crippen LogP contribution < -0.4 is 25.0 Å². The Hall–Kier alpha value is -6.78. The van der Waals surface area contributed by atoms with Gasteiger partial charge in [0.15, 0.2) is 23.0 Å². The van der Waals surface area contributed by atoms with E-state index in [0.717, 1.165) is 87.1 Å². The summed E-state index contributed by atoms with van der Waals surface area (Å²) in [4.78, 5) is 2.43. The van der Waals surface area contributed by atoms with E-state index in [1.54, 1.807) is 0 Å². The van der Waals surface area contributed by atoms with Crippen LogP contribution in [0.5, 0.6) is 23.0 Å². The van der Waals surface area contributed by atoms with Crippen LogP contribution in [0.2, 0.25) is 0 Å². The maximum atomic E-state index is 6.45. The van der Waals surface area contributed by atoms with Gasteiger partial charge in [-0.3, -0.25) is 0 Å². The highest BCUT2D eigenvalue weighted by Gasteiger charge is 2.39. The molecule has 58 heavy (non-hydrogen) atoms. The van der Waals surface area contributed by atoms with E-state index in [4.69, 9.17) is 13.9 Å². The zero-order valence-corrected chi connectivity index (χ0v) is 33.0. The predicted molar refractivity (Wildman–Crippen MR) is 237 cm³/mol. The monoisotopic (exact) mass is 753 g/mol. The largest absolute Gasteiger partial charge is 0.457 e. The number of benzene rings is 5. The second-order valence-electron chi connectivity index (χ2n) is 16.6. The van der Waals surface area contributed by atoms with E-state index in [2.05, 4.69) is 154 Å². The highest BCUT2D eigenvalue weighted by atomic mass is 16.6. The van der Waals surface area contributed by atoms with Crippen LogP contribution in [-0.2, 0) is 5.41 Å². The van der Waals surface area contributed by atoms with Gasteiger partial charge in [0, 0.05) is 39.7 Å². The number of furan rings is 1. The molecular formula is C54H43NO3. The van der Waals surface area contributed by atoms with Crippen molar-refractivity contribution in [2.75, 3.05) is 4.90 Å². The number of ether oxygens (including phenoxy) is 2. The summed E-state index contributed by atoms with van der Waals surface area (Å²) in [7, 11) is 0. The first-order valence-corrected chi connectivity index (χ1v) is 20.3. The molecule has 5 aliphatic rings. The van der Waals surface area contributed by atoms with Crippen LogP contribution in [-0.4, -0.2) is 0 Å². The van der Waals surface area contributed by atoms with Crippen molar-refractivity contribution in [3.05, 3.63) is 190 Å². The number of para-hydroxylation sites is 2. The van der Waals surface area contributed by atoms with Gasteiger partial charge in [-0.25, -0.2) is 0 Å². The van der Waals surface area contributed by atoms with Crippen LogP contribution in [0.15, 0.2) is 161 Å². The molecule has 1 atom stereocenters. The summed E-state index contributed by atoms with van der Waals surface area (Å²) in [5, 5.41) is 1.21. The SMILES string of the molecule is C=C1CC=CC2=C1C(C)(C)c1cc(N(C3=CC=c4c5c(oc4=CC3)C=CCC5C)c3ccc(-c4ccc(-c5ccc6c(c5)Oc5ccccc5O6)cc4)cc3)ccc12. The summed E-state index contributed by atoms with van der Waals surface area (Å²) in [5.41, 5.74) is 16.7. The normalized spacial score (nSPS) is 17.8. The van der Waals surface area contributed by atoms with Gasteiger partial charge in [-0.15, -0.1) is 0 Å². The van der Waals surface area contributed by atoms with Gasteiger partial charge in [0.2, 0.25) is 0 Å². The molecule has 1 aromatic heterocycles. The lowest BCUT2D eigenvalue weighted by atomic mass is 9.76. The van der Waals surface area contributed by atoms with Crippen LogP contribution in [0.25, 0.3) is 46.1 Å². The lowest BCUT2D eigenvalue weighted by Crippen LogP contribution is -2.23. The van der Waals surface area contributed by atoms with Crippen molar-refractivity contribution in [3.63, 3.8) is 0 Å². The Balaban J connectivity index is 0.940. The summed E-state index contributed by atoms with van der Waals surface area (Å²) in [6.45, 7) is 11.5. The summed E-state index contributed by atoms with van der Waals surface area (Å²) in [5.74, 6) is 4.33. The van der Waals surface area contributed by atoms with E-state index >= 15 is 0 Å². The first-order valence-electron chi connectivity index (χ1n) is 20.3. The van der Waals surface area contributed by atoms with Crippen molar-refractivity contribution in [3.8, 4) is 45.3 Å². The zero-order chi connectivity index (χ0) is 39.1. The third-order valence-corrected chi connectivity index (χ3v) is 12.6. The molecule has 4 nitrogen and oxygen atoms in total. The molecule has 0 radical (unpaired) electrons. The van der Waals surface area contributed by atoms with E-state index < -0.39 is 0 Å². The molecule has 282 valence electrons. The quantitative estimate of drug-likeness (QED) is 0.175. The number of anilines is 2. The van der Waals surface area contributed by atoms with Crippen LogP contribution in [0, 0.1) is 0 Å². The smallest absolute Gasteiger partial charge is 0.170 e. The minimum absolute atomic E-state index is 0.143. The van der Waals surface area contributed by atoms with Gasteiger partial charge in [-0.2, -0.15) is 0 Å². The maximum absolute atomic E-state index is 6.45. The fourth-order valence-electron chi connectivity index (χ4n) is 9.66. The second kappa shape index (κ2) is 13.1. The van der Waals surface area contributed by atoms with Crippen LogP contribution in [0.4, 0.5) is 11.4 Å². The molecule has 4 aliphatic carbocycles. The standard InChI is InChI=1S/C54H43NO3/c1-33-9-8-14-50-52(33)44-28-24-40(26-30-46(44)56-50)55(41-25-27-42-43-11-7-10-34(2)53(43)54(3,4)45(42)32-41)39-22-19-36(20-23-39)35-15-17-37(18-16-35)38-21-29-49-51(31-38)58-48-13-6-5-12-47(48)57-49/h5-8,11-25,27-33H,2,9-10,26H2,1,3-4H3. The first-order chi connectivity index (χ1) is 28.3. The first kappa shape index (κ1) is 34.5. The van der Waals surface area contributed by atoms with E-state index in [9.17, 15) is 0 Å². The minimum atomic E-state index is -0.143. The van der Waals surface area contributed by atoms with Gasteiger partial charge in [-0.05, 0) is 142 Å². The number of nitrogens with zero attached hydrogens (tertiary/aromatic N) is 1. The summed E-state index contributed by atoms with van der Waals surface area (Å²) < 4.78 is 18.7. The lowest BCUT2D eigenvalue weighted by molar-refractivity contribution is 0.360. The summed E-state index contributed by atoms with van der Waals surface area (Å²) in [6.07, 6.45) is 18.4. The van der Waals surface area contributed by atoms with Gasteiger partial charge < -0.3 is 18.8 Å². The Morgan fingerprint density at radius 3 is 2.12 bits per heavy atom. The molecule has 0 N–H and O–H groups in total. The molecule has 11 rings (SSSR count). The topological polar surface area (TPSA) is 34.8 Å². The fourth-order valence-corrected chi connectivity index (χ4v) is 9.66. The van der Waals surface area contributed by atoms with Crippen LogP contribution in [0.3, 0.4) is 0 Å². The van der Waals surface area contributed by atoms with Crippen molar-refractivity contribution >= 4 is 35.2 Å². The van der Waals surface area contributed by atoms with E-state index in [-0.39, 0.29) is 5.41 Å². The molecule has 0 bridgehead atoms. The van der Waals surface area contributed by atoms with Gasteiger partial charge in [0.25, 0.3) is 0 Å². The number of hydrogen-bond donors (Lipinski definition) is 0. The Labute approximate surface area is 339 Å². The molecule has 2 heterocycles. The third-order valence-electron chi connectivity index (χ3n) is 12.6. The van der Waals surface area contributed by atoms with Crippen molar-refractivity contribution in [2.24, 2.45) is 0 Å². The second-order valence-corrected chi connectivity index (χ2v) is 16.6. The highest BCUT2D eigenvalue weighted by Crippen LogP contribution is 2.53. The molecule has 1 unspecified atom stereocenters. The predicted octanol–water partition coefficient (Wildman–Crippen LogP) is 13.3. The lowest BCUT2D eigenvalue weighted by Gasteiger charge is -2.30. The Kier molecular flexibility index (Phi) is 7.81. The molecule has 0 fully saturated rings. The van der Waals surface area contributed by atoms with Crippen molar-refractivity contribution in [2.45, 2.75) is 51.4 Å². The zero-order valence-electron chi connectivity index (χ0n) is 33.0. The van der Waals surface area contributed by atoms with Crippen molar-refractivity contribution in [1.29, 1.82) is 0 Å². The molecule has 6 aromatic rings. The third kappa shape index (κ3) is 5.50. The molecule has 0 amide bonds. The maximum Gasteiger partial charge on any atom is 0.170 e. The molecule has 0 spiro atoms. The number of rotatable bonds is 5. The van der Waals surface area contributed by atoms with Gasteiger partial charge in [-0.1, -0.05) is 106 Å².